The van der Waals surface area contributed by atoms with Crippen molar-refractivity contribution in [3.05, 3.63) is 33.9 Å². The number of nitrogens with zero attached hydrogens (tertiary/aromatic N) is 3. The largest absolute Gasteiger partial charge is 0.366 e. The second-order valence-corrected chi connectivity index (χ2v) is 8.83. The molecule has 3 fully saturated rings. The van der Waals surface area contributed by atoms with Crippen molar-refractivity contribution in [2.75, 3.05) is 25.0 Å². The van der Waals surface area contributed by atoms with Crippen LogP contribution in [-0.2, 0) is 0 Å². The van der Waals surface area contributed by atoms with E-state index in [0.717, 1.165) is 38.8 Å². The third-order valence-corrected chi connectivity index (χ3v) is 6.73. The number of hydrogen-bond donors (Lipinski definition) is 1. The summed E-state index contributed by atoms with van der Waals surface area (Å²) < 4.78 is 0. The number of nitro benzene ring substituents is 1. The number of benzene rings is 1. The molecular weight excluding hydrogens is 392 g/mol. The molecule has 3 aliphatic rings. The van der Waals surface area contributed by atoms with Crippen molar-refractivity contribution in [1.82, 2.24) is 10.2 Å². The van der Waals surface area contributed by atoms with Gasteiger partial charge in [-0.3, -0.25) is 14.9 Å². The minimum absolute atomic E-state index is 0. The maximum absolute atomic E-state index is 13.1. The molecule has 0 aromatic heterocycles. The van der Waals surface area contributed by atoms with E-state index < -0.39 is 0 Å². The molecule has 3 unspecified atom stereocenters. The van der Waals surface area contributed by atoms with E-state index in [2.05, 4.69) is 17.1 Å². The molecule has 0 radical (unpaired) electrons. The number of nitrogens with one attached hydrogen (secondary N) is 1. The van der Waals surface area contributed by atoms with E-state index >= 15 is 0 Å². The smallest absolute Gasteiger partial charge is 0.293 e. The molecule has 2 bridgehead atoms. The number of halogens is 1. The molecule has 1 aromatic carbocycles. The first-order chi connectivity index (χ1) is 13.4. The molecule has 0 aliphatic carbocycles. The average Bonchev–Trinajstić information content (AvgIpc) is 3.03. The van der Waals surface area contributed by atoms with E-state index in [9.17, 15) is 14.9 Å². The van der Waals surface area contributed by atoms with Crippen LogP contribution in [0.5, 0.6) is 0 Å². The molecule has 4 rings (SSSR count). The standard InChI is InChI=1S/C21H30N4O3.ClH/c1-14-4-3-9-24(13-14)19-8-5-15(10-20(19)25(27)28)21(26)23(2)18-11-16-6-7-17(12-18)22-16;/h5,8,10,14,16-18,22H,3-4,6-7,9,11-13H2,1-2H3;1H. The van der Waals surface area contributed by atoms with Gasteiger partial charge in [-0.15, -0.1) is 12.4 Å². The summed E-state index contributed by atoms with van der Waals surface area (Å²) in [6, 6.07) is 6.20. The second-order valence-electron chi connectivity index (χ2n) is 8.83. The minimum Gasteiger partial charge on any atom is -0.366 e. The Kier molecular flexibility index (Phi) is 6.69. The van der Waals surface area contributed by atoms with Crippen molar-refractivity contribution < 1.29 is 9.72 Å². The van der Waals surface area contributed by atoms with Crippen molar-refractivity contribution in [3.63, 3.8) is 0 Å². The SMILES string of the molecule is CC1CCCN(c2ccc(C(=O)N(C)C3CC4CCC(C3)N4)cc2[N+](=O)[O-])C1.Cl. The van der Waals surface area contributed by atoms with Crippen molar-refractivity contribution >= 4 is 29.7 Å². The Hall–Kier alpha value is -1.86. The summed E-state index contributed by atoms with van der Waals surface area (Å²) >= 11 is 0. The van der Waals surface area contributed by atoms with Crippen LogP contribution in [-0.4, -0.2) is 54.0 Å². The van der Waals surface area contributed by atoms with Crippen molar-refractivity contribution in [3.8, 4) is 0 Å². The van der Waals surface area contributed by atoms with Crippen LogP contribution in [0.4, 0.5) is 11.4 Å². The van der Waals surface area contributed by atoms with Gasteiger partial charge < -0.3 is 15.1 Å². The molecule has 3 aliphatic heterocycles. The summed E-state index contributed by atoms with van der Waals surface area (Å²) in [5.41, 5.74) is 1.09. The highest BCUT2D eigenvalue weighted by Crippen LogP contribution is 2.34. The Balaban J connectivity index is 0.00000240. The topological polar surface area (TPSA) is 78.7 Å². The van der Waals surface area contributed by atoms with Gasteiger partial charge in [-0.2, -0.15) is 0 Å². The van der Waals surface area contributed by atoms with Gasteiger partial charge in [0.05, 0.1) is 4.92 Å². The van der Waals surface area contributed by atoms with E-state index in [1.165, 1.54) is 18.9 Å². The maximum Gasteiger partial charge on any atom is 0.293 e. The molecule has 3 atom stereocenters. The number of nitro groups is 1. The van der Waals surface area contributed by atoms with Gasteiger partial charge in [0.2, 0.25) is 0 Å². The first-order valence-corrected chi connectivity index (χ1v) is 10.5. The Morgan fingerprint density at radius 2 is 1.93 bits per heavy atom. The van der Waals surface area contributed by atoms with Crippen molar-refractivity contribution in [1.29, 1.82) is 0 Å². The van der Waals surface area contributed by atoms with Gasteiger partial charge in [0.1, 0.15) is 5.69 Å². The highest BCUT2D eigenvalue weighted by molar-refractivity contribution is 5.96. The number of piperidine rings is 2. The Bertz CT molecular complexity index is 762. The van der Waals surface area contributed by atoms with E-state index in [-0.39, 0.29) is 35.0 Å². The second kappa shape index (κ2) is 8.88. The van der Waals surface area contributed by atoms with Gasteiger partial charge in [0.25, 0.3) is 11.6 Å². The fraction of sp³-hybridized carbons (Fsp3) is 0.667. The number of amides is 1. The van der Waals surface area contributed by atoms with Gasteiger partial charge in [0.15, 0.2) is 0 Å². The fourth-order valence-corrected chi connectivity index (χ4v) is 5.19. The van der Waals surface area contributed by atoms with Crippen LogP contribution in [0.15, 0.2) is 18.2 Å². The average molecular weight is 423 g/mol. The monoisotopic (exact) mass is 422 g/mol. The molecular formula is C21H31ClN4O3. The zero-order chi connectivity index (χ0) is 19.8. The predicted molar refractivity (Wildman–Crippen MR) is 116 cm³/mol. The number of anilines is 1. The lowest BCUT2D eigenvalue weighted by Gasteiger charge is -2.35. The normalized spacial score (nSPS) is 28.6. The van der Waals surface area contributed by atoms with E-state index in [1.807, 2.05) is 7.05 Å². The van der Waals surface area contributed by atoms with Gasteiger partial charge in [0, 0.05) is 49.9 Å². The Morgan fingerprint density at radius 3 is 2.55 bits per heavy atom. The summed E-state index contributed by atoms with van der Waals surface area (Å²) in [4.78, 5) is 28.3. The van der Waals surface area contributed by atoms with Crippen LogP contribution in [0.2, 0.25) is 0 Å². The molecule has 1 aromatic rings. The van der Waals surface area contributed by atoms with Gasteiger partial charge in [-0.05, 0) is 56.6 Å². The molecule has 0 saturated carbocycles. The van der Waals surface area contributed by atoms with Crippen LogP contribution < -0.4 is 10.2 Å². The molecule has 3 saturated heterocycles. The molecule has 0 spiro atoms. The van der Waals surface area contributed by atoms with Crippen LogP contribution in [0.25, 0.3) is 0 Å². The molecule has 3 heterocycles. The lowest BCUT2D eigenvalue weighted by atomic mass is 9.97. The molecule has 1 amide bonds. The summed E-state index contributed by atoms with van der Waals surface area (Å²) in [7, 11) is 1.84. The van der Waals surface area contributed by atoms with Gasteiger partial charge in [-0.25, -0.2) is 0 Å². The molecule has 160 valence electrons. The fourth-order valence-electron chi connectivity index (χ4n) is 5.19. The zero-order valence-electron chi connectivity index (χ0n) is 17.2. The molecule has 29 heavy (non-hydrogen) atoms. The summed E-state index contributed by atoms with van der Waals surface area (Å²) in [5.74, 6) is 0.407. The van der Waals surface area contributed by atoms with Crippen molar-refractivity contribution in [2.45, 2.75) is 63.6 Å². The summed E-state index contributed by atoms with van der Waals surface area (Å²) in [5, 5.41) is 15.3. The van der Waals surface area contributed by atoms with Gasteiger partial charge >= 0.3 is 0 Å². The lowest BCUT2D eigenvalue weighted by Crippen LogP contribution is -2.48. The maximum atomic E-state index is 13.1. The quantitative estimate of drug-likeness (QED) is 0.592. The molecule has 8 heteroatoms. The van der Waals surface area contributed by atoms with Crippen LogP contribution in [0.3, 0.4) is 0 Å². The van der Waals surface area contributed by atoms with E-state index in [4.69, 9.17) is 0 Å². The number of carbonyl (C=O) groups is 1. The van der Waals surface area contributed by atoms with Crippen molar-refractivity contribution in [2.24, 2.45) is 5.92 Å². The number of hydrogen-bond acceptors (Lipinski definition) is 5. The van der Waals surface area contributed by atoms with E-state index in [1.54, 1.807) is 17.0 Å². The first-order valence-electron chi connectivity index (χ1n) is 10.5. The minimum atomic E-state index is -0.351. The van der Waals surface area contributed by atoms with Crippen LogP contribution in [0, 0.1) is 16.0 Å². The number of rotatable bonds is 4. The lowest BCUT2D eigenvalue weighted by molar-refractivity contribution is -0.384. The third kappa shape index (κ3) is 4.51. The first kappa shape index (κ1) is 21.8. The van der Waals surface area contributed by atoms with Crippen LogP contribution in [0.1, 0.15) is 55.8 Å². The van der Waals surface area contributed by atoms with E-state index in [0.29, 0.717) is 29.3 Å². The summed E-state index contributed by atoms with van der Waals surface area (Å²) in [6.07, 6.45) is 6.48. The Morgan fingerprint density at radius 1 is 1.24 bits per heavy atom. The predicted octanol–water partition coefficient (Wildman–Crippen LogP) is 3.61. The third-order valence-electron chi connectivity index (χ3n) is 6.73. The van der Waals surface area contributed by atoms with Crippen LogP contribution >= 0.6 is 12.4 Å². The highest BCUT2D eigenvalue weighted by Gasteiger charge is 2.37. The number of fused-ring (bicyclic) bond motifs is 2. The highest BCUT2D eigenvalue weighted by atomic mass is 35.5. The molecule has 7 nitrogen and oxygen atoms in total. The molecule has 1 N–H and O–H groups in total. The Labute approximate surface area is 178 Å². The number of carbonyl (C=O) groups excluding carboxylic acids is 1. The van der Waals surface area contributed by atoms with Gasteiger partial charge in [-0.1, -0.05) is 6.92 Å². The zero-order valence-corrected chi connectivity index (χ0v) is 18.0. The summed E-state index contributed by atoms with van der Waals surface area (Å²) in [6.45, 7) is 3.83.